The van der Waals surface area contributed by atoms with Crippen molar-refractivity contribution in [1.82, 2.24) is 19.8 Å². The van der Waals surface area contributed by atoms with E-state index in [9.17, 15) is 5.11 Å². The van der Waals surface area contributed by atoms with E-state index in [0.29, 0.717) is 33.2 Å². The van der Waals surface area contributed by atoms with E-state index in [2.05, 4.69) is 10.2 Å². The van der Waals surface area contributed by atoms with Crippen LogP contribution in [0.4, 0.5) is 0 Å². The zero-order valence-corrected chi connectivity index (χ0v) is 18.4. The van der Waals surface area contributed by atoms with Gasteiger partial charge in [0.05, 0.1) is 31.0 Å². The number of aromatic nitrogens is 4. The fraction of sp³-hybridized carbons (Fsp3) is 0.125. The van der Waals surface area contributed by atoms with Crippen molar-refractivity contribution in [2.45, 2.75) is 6.92 Å². The highest BCUT2D eigenvalue weighted by Crippen LogP contribution is 2.38. The number of ether oxygens (including phenoxy) is 2. The summed E-state index contributed by atoms with van der Waals surface area (Å²) in [6.45, 7) is 1.92. The molecule has 3 aromatic carbocycles. The summed E-state index contributed by atoms with van der Waals surface area (Å²) in [4.78, 5) is 0. The van der Waals surface area contributed by atoms with E-state index in [-0.39, 0.29) is 5.75 Å². The molecule has 7 nitrogen and oxygen atoms in total. The third-order valence-electron chi connectivity index (χ3n) is 5.43. The molecule has 32 heavy (non-hydrogen) atoms. The molecule has 5 aromatic rings. The van der Waals surface area contributed by atoms with Gasteiger partial charge in [-0.15, -0.1) is 10.2 Å². The van der Waals surface area contributed by atoms with Gasteiger partial charge in [-0.25, -0.2) is 4.52 Å². The molecule has 0 aliphatic rings. The summed E-state index contributed by atoms with van der Waals surface area (Å²) in [6, 6.07) is 16.6. The number of halogens is 1. The standard InChI is InChI=1S/C24H19ClN4O3/c1-13-22(14-4-6-16(25)7-5-14)24-27-26-23-19(29(24)28-13)10-15(11-20(23)30)18-9-8-17(31-2)12-21(18)32-3/h4-12,30H,1-3H3. The van der Waals surface area contributed by atoms with Gasteiger partial charge in [0, 0.05) is 16.7 Å². The van der Waals surface area contributed by atoms with Crippen molar-refractivity contribution in [1.29, 1.82) is 0 Å². The molecule has 1 N–H and O–H groups in total. The number of hydrogen-bond donors (Lipinski definition) is 1. The summed E-state index contributed by atoms with van der Waals surface area (Å²) in [7, 11) is 3.20. The number of phenols is 1. The van der Waals surface area contributed by atoms with Crippen molar-refractivity contribution < 1.29 is 14.6 Å². The molecule has 2 aromatic heterocycles. The van der Waals surface area contributed by atoms with E-state index in [1.807, 2.05) is 49.4 Å². The van der Waals surface area contributed by atoms with Crippen LogP contribution in [0.15, 0.2) is 54.6 Å². The average Bonchev–Trinajstić information content (AvgIpc) is 3.15. The lowest BCUT2D eigenvalue weighted by molar-refractivity contribution is 0.395. The van der Waals surface area contributed by atoms with Gasteiger partial charge >= 0.3 is 0 Å². The van der Waals surface area contributed by atoms with Gasteiger partial charge in [0.25, 0.3) is 0 Å². The Bertz CT molecular complexity index is 1480. The topological polar surface area (TPSA) is 81.8 Å². The van der Waals surface area contributed by atoms with Crippen LogP contribution in [0.5, 0.6) is 17.2 Å². The van der Waals surface area contributed by atoms with Crippen molar-refractivity contribution in [2.24, 2.45) is 0 Å². The van der Waals surface area contributed by atoms with Crippen molar-refractivity contribution in [3.63, 3.8) is 0 Å². The molecular formula is C24H19ClN4O3. The number of fused-ring (bicyclic) bond motifs is 3. The smallest absolute Gasteiger partial charge is 0.186 e. The Morgan fingerprint density at radius 2 is 1.69 bits per heavy atom. The normalized spacial score (nSPS) is 11.2. The third-order valence-corrected chi connectivity index (χ3v) is 5.68. The maximum Gasteiger partial charge on any atom is 0.186 e. The van der Waals surface area contributed by atoms with Crippen LogP contribution in [-0.4, -0.2) is 39.1 Å². The summed E-state index contributed by atoms with van der Waals surface area (Å²) in [5, 5.41) is 24.8. The highest BCUT2D eigenvalue weighted by Gasteiger charge is 2.19. The van der Waals surface area contributed by atoms with E-state index in [1.54, 1.807) is 30.9 Å². The highest BCUT2D eigenvalue weighted by atomic mass is 35.5. The Morgan fingerprint density at radius 3 is 2.41 bits per heavy atom. The Balaban J connectivity index is 1.77. The van der Waals surface area contributed by atoms with Crippen LogP contribution in [0, 0.1) is 6.92 Å². The number of hydrogen-bond acceptors (Lipinski definition) is 6. The first-order valence-electron chi connectivity index (χ1n) is 9.87. The number of aryl methyl sites for hydroxylation is 1. The molecule has 0 unspecified atom stereocenters. The maximum atomic E-state index is 10.7. The number of methoxy groups -OCH3 is 2. The number of rotatable bonds is 4. The third kappa shape index (κ3) is 3.18. The molecule has 0 radical (unpaired) electrons. The van der Waals surface area contributed by atoms with E-state index < -0.39 is 0 Å². The van der Waals surface area contributed by atoms with Crippen LogP contribution in [0.2, 0.25) is 5.02 Å². The predicted octanol–water partition coefficient (Wildman–Crippen LogP) is 5.30. The summed E-state index contributed by atoms with van der Waals surface area (Å²) < 4.78 is 12.6. The van der Waals surface area contributed by atoms with Crippen molar-refractivity contribution >= 4 is 28.3 Å². The summed E-state index contributed by atoms with van der Waals surface area (Å²) >= 11 is 6.05. The van der Waals surface area contributed by atoms with Crippen LogP contribution < -0.4 is 9.47 Å². The van der Waals surface area contributed by atoms with E-state index in [1.165, 1.54) is 0 Å². The minimum atomic E-state index is 0.00553. The summed E-state index contributed by atoms with van der Waals surface area (Å²) in [5.41, 5.74) is 5.74. The van der Waals surface area contributed by atoms with Gasteiger partial charge < -0.3 is 14.6 Å². The zero-order chi connectivity index (χ0) is 22.4. The van der Waals surface area contributed by atoms with Gasteiger partial charge in [0.2, 0.25) is 0 Å². The fourth-order valence-corrected chi connectivity index (χ4v) is 4.01. The van der Waals surface area contributed by atoms with Crippen LogP contribution in [0.25, 0.3) is 38.9 Å². The molecule has 0 bridgehead atoms. The molecule has 0 aliphatic heterocycles. The molecule has 160 valence electrons. The lowest BCUT2D eigenvalue weighted by Crippen LogP contribution is -1.98. The molecule has 0 amide bonds. The van der Waals surface area contributed by atoms with Gasteiger partial charge in [0.15, 0.2) is 11.2 Å². The minimum absolute atomic E-state index is 0.00553. The second kappa shape index (κ2) is 7.69. The maximum absolute atomic E-state index is 10.7. The lowest BCUT2D eigenvalue weighted by Gasteiger charge is -2.12. The van der Waals surface area contributed by atoms with Crippen LogP contribution in [0.3, 0.4) is 0 Å². The van der Waals surface area contributed by atoms with E-state index in [0.717, 1.165) is 27.9 Å². The molecule has 0 aliphatic carbocycles. The van der Waals surface area contributed by atoms with Gasteiger partial charge in [-0.05, 0) is 54.4 Å². The van der Waals surface area contributed by atoms with E-state index in [4.69, 9.17) is 26.2 Å². The van der Waals surface area contributed by atoms with Crippen molar-refractivity contribution in [3.05, 3.63) is 65.3 Å². The number of aromatic hydroxyl groups is 1. The molecule has 0 atom stereocenters. The Labute approximate surface area is 188 Å². The fourth-order valence-electron chi connectivity index (χ4n) is 3.89. The average molecular weight is 447 g/mol. The Kier molecular flexibility index (Phi) is 4.83. The summed E-state index contributed by atoms with van der Waals surface area (Å²) in [5.74, 6) is 1.31. The van der Waals surface area contributed by atoms with Gasteiger partial charge in [0.1, 0.15) is 17.2 Å². The molecule has 0 fully saturated rings. The largest absolute Gasteiger partial charge is 0.506 e. The predicted molar refractivity (Wildman–Crippen MR) is 124 cm³/mol. The molecule has 8 heteroatoms. The Morgan fingerprint density at radius 1 is 0.906 bits per heavy atom. The van der Waals surface area contributed by atoms with Crippen LogP contribution in [-0.2, 0) is 0 Å². The monoisotopic (exact) mass is 446 g/mol. The Hall–Kier alpha value is -3.84. The molecule has 0 saturated carbocycles. The molecule has 0 spiro atoms. The molecule has 0 saturated heterocycles. The summed E-state index contributed by atoms with van der Waals surface area (Å²) in [6.07, 6.45) is 0. The second-order valence-corrected chi connectivity index (χ2v) is 7.77. The quantitative estimate of drug-likeness (QED) is 0.403. The highest BCUT2D eigenvalue weighted by molar-refractivity contribution is 6.30. The first-order chi connectivity index (χ1) is 15.5. The van der Waals surface area contributed by atoms with Crippen LogP contribution in [0.1, 0.15) is 5.69 Å². The van der Waals surface area contributed by atoms with Crippen molar-refractivity contribution in [2.75, 3.05) is 14.2 Å². The first-order valence-corrected chi connectivity index (χ1v) is 10.2. The first kappa shape index (κ1) is 20.1. The lowest BCUT2D eigenvalue weighted by atomic mass is 10.0. The van der Waals surface area contributed by atoms with E-state index >= 15 is 0 Å². The van der Waals surface area contributed by atoms with Gasteiger partial charge in [-0.3, -0.25) is 0 Å². The van der Waals surface area contributed by atoms with Crippen LogP contribution >= 0.6 is 11.6 Å². The number of phenolic OH excluding ortho intramolecular Hbond substituents is 1. The van der Waals surface area contributed by atoms with Gasteiger partial charge in [-0.2, -0.15) is 5.10 Å². The minimum Gasteiger partial charge on any atom is -0.506 e. The second-order valence-electron chi connectivity index (χ2n) is 7.33. The molecule has 2 heterocycles. The number of benzene rings is 3. The number of nitrogens with zero attached hydrogens (tertiary/aromatic N) is 4. The SMILES string of the molecule is COc1ccc(-c2cc(O)c3nnc4c(-c5ccc(Cl)cc5)c(C)nn4c3c2)c(OC)c1. The van der Waals surface area contributed by atoms with Gasteiger partial charge in [-0.1, -0.05) is 23.7 Å². The molecule has 5 rings (SSSR count). The molecular weight excluding hydrogens is 428 g/mol. The zero-order valence-electron chi connectivity index (χ0n) is 17.6. The van der Waals surface area contributed by atoms with Crippen molar-refractivity contribution in [3.8, 4) is 39.5 Å².